The quantitative estimate of drug-likeness (QED) is 0.722. The first kappa shape index (κ1) is 15.8. The van der Waals surface area contributed by atoms with Crippen molar-refractivity contribution in [3.05, 3.63) is 34.6 Å². The third-order valence-electron chi connectivity index (χ3n) is 2.46. The van der Waals surface area contributed by atoms with Crippen LogP contribution in [0.3, 0.4) is 0 Å². The van der Waals surface area contributed by atoms with Crippen LogP contribution in [0, 0.1) is 0 Å². The molecule has 0 saturated heterocycles. The monoisotopic (exact) mass is 333 g/mol. The molecule has 20 heavy (non-hydrogen) atoms. The first-order valence-corrected chi connectivity index (χ1v) is 10.4. The van der Waals surface area contributed by atoms with Gasteiger partial charge in [-0.05, 0) is 49.2 Å². The standard InChI is InChI=1S/C12H16NO4PS2/c1-3-15-18(19,16-4-2)20-9-13-12(14)10-7-5-6-8-11(10)17-13/h5-8H,3-4,9H2,1-2H3. The topological polar surface area (TPSA) is 53.6 Å². The minimum atomic E-state index is -2.42. The fourth-order valence-electron chi connectivity index (χ4n) is 1.65. The second-order valence-electron chi connectivity index (χ2n) is 3.81. The highest BCUT2D eigenvalue weighted by Crippen LogP contribution is 2.61. The van der Waals surface area contributed by atoms with Gasteiger partial charge in [0.1, 0.15) is 5.88 Å². The van der Waals surface area contributed by atoms with Gasteiger partial charge in [0.2, 0.25) is 5.69 Å². The first-order valence-electron chi connectivity index (χ1n) is 6.22. The Hall–Kier alpha value is -0.590. The molecule has 0 unspecified atom stereocenters. The summed E-state index contributed by atoms with van der Waals surface area (Å²) in [6.07, 6.45) is 0. The van der Waals surface area contributed by atoms with Gasteiger partial charge in [-0.25, -0.2) is 0 Å². The van der Waals surface area contributed by atoms with Gasteiger partial charge >= 0.3 is 0 Å². The summed E-state index contributed by atoms with van der Waals surface area (Å²) in [5.41, 5.74) is -2.01. The highest BCUT2D eigenvalue weighted by molar-refractivity contribution is 8.67. The lowest BCUT2D eigenvalue weighted by atomic mass is 10.3. The van der Waals surface area contributed by atoms with Crippen molar-refractivity contribution in [3.63, 3.8) is 0 Å². The lowest BCUT2D eigenvalue weighted by Crippen LogP contribution is -2.12. The molecule has 0 amide bonds. The fourth-order valence-corrected chi connectivity index (χ4v) is 5.80. The smallest absolute Gasteiger partial charge is 0.291 e. The van der Waals surface area contributed by atoms with Crippen LogP contribution in [0.5, 0.6) is 0 Å². The van der Waals surface area contributed by atoms with Gasteiger partial charge in [0, 0.05) is 0 Å². The van der Waals surface area contributed by atoms with Crippen LogP contribution in [0.1, 0.15) is 13.8 Å². The van der Waals surface area contributed by atoms with E-state index < -0.39 is 5.69 Å². The van der Waals surface area contributed by atoms with E-state index >= 15 is 0 Å². The maximum atomic E-state index is 12.1. The largest absolute Gasteiger partial charge is 0.375 e. The van der Waals surface area contributed by atoms with Crippen molar-refractivity contribution in [1.29, 1.82) is 0 Å². The van der Waals surface area contributed by atoms with Crippen LogP contribution in [0.2, 0.25) is 0 Å². The molecule has 2 aromatic rings. The Morgan fingerprint density at radius 3 is 2.55 bits per heavy atom. The van der Waals surface area contributed by atoms with Gasteiger partial charge in [-0.2, -0.15) is 4.74 Å². The minimum Gasteiger partial charge on any atom is -0.375 e. The molecule has 0 N–H and O–H groups in total. The van der Waals surface area contributed by atoms with Gasteiger partial charge < -0.3 is 13.6 Å². The normalized spacial score (nSPS) is 12.1. The van der Waals surface area contributed by atoms with E-state index in [4.69, 9.17) is 25.4 Å². The maximum absolute atomic E-state index is 12.1. The Morgan fingerprint density at radius 2 is 1.95 bits per heavy atom. The van der Waals surface area contributed by atoms with Gasteiger partial charge in [0.05, 0.1) is 18.6 Å². The number of benzene rings is 1. The van der Waals surface area contributed by atoms with E-state index in [1.54, 1.807) is 12.1 Å². The van der Waals surface area contributed by atoms with Crippen LogP contribution in [0.25, 0.3) is 11.0 Å². The van der Waals surface area contributed by atoms with Crippen LogP contribution < -0.4 is 5.56 Å². The third-order valence-corrected chi connectivity index (χ3v) is 7.78. The molecule has 0 saturated carbocycles. The van der Waals surface area contributed by atoms with Crippen molar-refractivity contribution < 1.29 is 13.6 Å². The van der Waals surface area contributed by atoms with E-state index in [0.717, 1.165) is 0 Å². The highest BCUT2D eigenvalue weighted by atomic mass is 32.9. The summed E-state index contributed by atoms with van der Waals surface area (Å²) in [7, 11) is 0. The van der Waals surface area contributed by atoms with Crippen molar-refractivity contribution in [2.45, 2.75) is 19.7 Å². The number of rotatable bonds is 7. The summed E-state index contributed by atoms with van der Waals surface area (Å²) in [6, 6.07) is 7.14. The van der Waals surface area contributed by atoms with Gasteiger partial charge in [-0.15, -0.1) is 0 Å². The lowest BCUT2D eigenvalue weighted by Gasteiger charge is -2.19. The van der Waals surface area contributed by atoms with Crippen LogP contribution in [0.4, 0.5) is 0 Å². The molecule has 2 rings (SSSR count). The minimum absolute atomic E-state index is 0.164. The molecule has 0 aliphatic carbocycles. The van der Waals surface area contributed by atoms with Crippen molar-refractivity contribution in [2.75, 3.05) is 13.2 Å². The summed E-state index contributed by atoms with van der Waals surface area (Å²) >= 11 is 6.70. The molecule has 0 aliphatic heterocycles. The Morgan fingerprint density at radius 1 is 1.30 bits per heavy atom. The number of hydrogen-bond acceptors (Lipinski definition) is 6. The van der Waals surface area contributed by atoms with E-state index in [-0.39, 0.29) is 11.4 Å². The molecular weight excluding hydrogens is 317 g/mol. The molecule has 0 atom stereocenters. The van der Waals surface area contributed by atoms with E-state index in [2.05, 4.69) is 0 Å². The zero-order chi connectivity index (χ0) is 14.6. The lowest BCUT2D eigenvalue weighted by molar-refractivity contribution is 0.279. The average molecular weight is 333 g/mol. The molecule has 1 heterocycles. The highest BCUT2D eigenvalue weighted by Gasteiger charge is 2.20. The Balaban J connectivity index is 2.18. The van der Waals surface area contributed by atoms with E-state index in [9.17, 15) is 4.79 Å². The summed E-state index contributed by atoms with van der Waals surface area (Å²) < 4.78 is 17.8. The molecule has 110 valence electrons. The van der Waals surface area contributed by atoms with E-state index in [0.29, 0.717) is 24.2 Å². The molecule has 0 fully saturated rings. The summed E-state index contributed by atoms with van der Waals surface area (Å²) in [5, 5.41) is 0.564. The third kappa shape index (κ3) is 3.54. The maximum Gasteiger partial charge on any atom is 0.291 e. The predicted molar refractivity (Wildman–Crippen MR) is 85.6 cm³/mol. The van der Waals surface area contributed by atoms with Gasteiger partial charge in [0.25, 0.3) is 5.56 Å². The number of aromatic nitrogens is 1. The molecule has 1 aromatic heterocycles. The molecule has 0 bridgehead atoms. The molecular formula is C12H16NO4PS2. The van der Waals surface area contributed by atoms with Crippen molar-refractivity contribution in [2.24, 2.45) is 0 Å². The average Bonchev–Trinajstić information content (AvgIpc) is 2.75. The molecule has 8 heteroatoms. The predicted octanol–water partition coefficient (Wildman–Crippen LogP) is 3.58. The molecule has 5 nitrogen and oxygen atoms in total. The van der Waals surface area contributed by atoms with E-state index in [1.807, 2.05) is 26.0 Å². The Bertz CT molecular complexity index is 671. The number of hydrogen-bond donors (Lipinski definition) is 0. The molecule has 0 spiro atoms. The van der Waals surface area contributed by atoms with Crippen LogP contribution >= 0.6 is 17.1 Å². The van der Waals surface area contributed by atoms with Crippen LogP contribution in [0.15, 0.2) is 33.6 Å². The SMILES string of the molecule is CCOP(=S)(OCC)SCn1oc2ccccc2c1=O. The Labute approximate surface area is 126 Å². The Kier molecular flexibility index (Phi) is 5.46. The molecule has 0 aliphatic rings. The zero-order valence-corrected chi connectivity index (χ0v) is 13.8. The van der Waals surface area contributed by atoms with Gasteiger partial charge in [0.15, 0.2) is 5.58 Å². The number of nitrogens with zero attached hydrogens (tertiary/aromatic N) is 1. The second-order valence-corrected chi connectivity index (χ2v) is 10.1. The zero-order valence-electron chi connectivity index (χ0n) is 11.3. The van der Waals surface area contributed by atoms with Gasteiger partial charge in [-0.1, -0.05) is 12.1 Å². The number of fused-ring (bicyclic) bond motifs is 1. The number of para-hydroxylation sites is 1. The molecule has 1 aromatic carbocycles. The van der Waals surface area contributed by atoms with Crippen LogP contribution in [-0.2, 0) is 26.7 Å². The van der Waals surface area contributed by atoms with Gasteiger partial charge in [-0.3, -0.25) is 4.79 Å². The van der Waals surface area contributed by atoms with Crippen molar-refractivity contribution in [3.8, 4) is 0 Å². The first-order chi connectivity index (χ1) is 9.59. The summed E-state index contributed by atoms with van der Waals surface area (Å²) in [4.78, 5) is 12.1. The summed E-state index contributed by atoms with van der Waals surface area (Å²) in [6.45, 7) is 4.71. The van der Waals surface area contributed by atoms with E-state index in [1.165, 1.54) is 16.1 Å². The fraction of sp³-hybridized carbons (Fsp3) is 0.417. The van der Waals surface area contributed by atoms with Crippen molar-refractivity contribution >= 4 is 39.9 Å². The van der Waals surface area contributed by atoms with Crippen molar-refractivity contribution in [1.82, 2.24) is 4.74 Å². The van der Waals surface area contributed by atoms with Crippen LogP contribution in [-0.4, -0.2) is 18.0 Å². The second kappa shape index (κ2) is 6.91. The summed E-state index contributed by atoms with van der Waals surface area (Å²) in [5.74, 6) is 0.283. The molecule has 0 radical (unpaired) electrons.